The predicted molar refractivity (Wildman–Crippen MR) is 98.0 cm³/mol. The molecule has 1 aromatic heterocycles. The molecule has 25 heavy (non-hydrogen) atoms. The van der Waals surface area contributed by atoms with Crippen molar-refractivity contribution in [2.75, 3.05) is 31.6 Å². The van der Waals surface area contributed by atoms with Crippen LogP contribution in [0, 0.1) is 0 Å². The van der Waals surface area contributed by atoms with Gasteiger partial charge in [0.1, 0.15) is 0 Å². The average molecular weight is 378 g/mol. The van der Waals surface area contributed by atoms with E-state index in [4.69, 9.17) is 4.74 Å². The van der Waals surface area contributed by atoms with E-state index in [1.54, 1.807) is 18.2 Å². The van der Waals surface area contributed by atoms with Crippen molar-refractivity contribution in [3.63, 3.8) is 0 Å². The van der Waals surface area contributed by atoms with Gasteiger partial charge in [0.05, 0.1) is 18.1 Å². The molecule has 0 atom stereocenters. The van der Waals surface area contributed by atoms with E-state index >= 15 is 0 Å². The van der Waals surface area contributed by atoms with E-state index in [2.05, 4.69) is 5.32 Å². The Labute approximate surface area is 150 Å². The molecule has 0 aliphatic carbocycles. The first-order valence-electron chi connectivity index (χ1n) is 7.76. The molecule has 132 valence electrons. The molecule has 3 rings (SSSR count). The monoisotopic (exact) mass is 378 g/mol. The Balaban J connectivity index is 1.71. The second-order valence-electron chi connectivity index (χ2n) is 5.38. The van der Waals surface area contributed by atoms with Crippen molar-refractivity contribution in [1.29, 1.82) is 0 Å². The Hall–Kier alpha value is -2.00. The van der Waals surface area contributed by atoms with Gasteiger partial charge in [-0.2, -0.15) is 4.31 Å². The fourth-order valence-electron chi connectivity index (χ4n) is 2.40. The minimum Gasteiger partial charge on any atom is -0.379 e. The van der Waals surface area contributed by atoms with Crippen molar-refractivity contribution in [3.05, 3.63) is 52.7 Å². The zero-order valence-corrected chi connectivity index (χ0v) is 15.1. The molecule has 1 fully saturated rings. The molecule has 2 aromatic rings. The van der Waals surface area contributed by atoms with Gasteiger partial charge in [-0.15, -0.1) is 11.3 Å². The third-order valence-corrected chi connectivity index (χ3v) is 6.38. The summed E-state index contributed by atoms with van der Waals surface area (Å²) >= 11 is 1.53. The minimum atomic E-state index is -3.58. The van der Waals surface area contributed by atoms with Gasteiger partial charge in [0, 0.05) is 29.7 Å². The van der Waals surface area contributed by atoms with Crippen LogP contribution >= 0.6 is 11.3 Å². The van der Waals surface area contributed by atoms with Crippen LogP contribution in [-0.4, -0.2) is 44.9 Å². The third-order valence-electron chi connectivity index (χ3n) is 3.65. The van der Waals surface area contributed by atoms with Crippen LogP contribution in [0.25, 0.3) is 6.08 Å². The average Bonchev–Trinajstić information content (AvgIpc) is 3.14. The van der Waals surface area contributed by atoms with E-state index in [9.17, 15) is 13.2 Å². The van der Waals surface area contributed by atoms with Gasteiger partial charge in [-0.05, 0) is 35.7 Å². The molecular formula is C17H18N2O4S2. The summed E-state index contributed by atoms with van der Waals surface area (Å²) in [6.45, 7) is 1.46. The number of nitrogens with one attached hydrogen (secondary N) is 1. The highest BCUT2D eigenvalue weighted by atomic mass is 32.2. The number of carbonyl (C=O) groups excluding carboxylic acids is 1. The topological polar surface area (TPSA) is 75.7 Å². The molecular weight excluding hydrogens is 360 g/mol. The van der Waals surface area contributed by atoms with E-state index in [0.717, 1.165) is 4.88 Å². The number of benzene rings is 1. The summed E-state index contributed by atoms with van der Waals surface area (Å²) in [5, 5.41) is 4.62. The number of carbonyl (C=O) groups is 1. The maximum atomic E-state index is 12.7. The molecule has 0 bridgehead atoms. The van der Waals surface area contributed by atoms with Crippen LogP contribution in [0.1, 0.15) is 4.88 Å². The van der Waals surface area contributed by atoms with Crippen molar-refractivity contribution in [1.82, 2.24) is 4.31 Å². The highest BCUT2D eigenvalue weighted by Crippen LogP contribution is 2.20. The number of hydrogen-bond acceptors (Lipinski definition) is 5. The molecule has 1 saturated heterocycles. The molecule has 1 aliphatic heterocycles. The first-order chi connectivity index (χ1) is 12.1. The van der Waals surface area contributed by atoms with Crippen LogP contribution in [0.5, 0.6) is 0 Å². The molecule has 0 unspecified atom stereocenters. The maximum Gasteiger partial charge on any atom is 0.248 e. The van der Waals surface area contributed by atoms with Gasteiger partial charge in [-0.1, -0.05) is 12.1 Å². The van der Waals surface area contributed by atoms with Gasteiger partial charge in [-0.3, -0.25) is 4.79 Å². The largest absolute Gasteiger partial charge is 0.379 e. The highest BCUT2D eigenvalue weighted by Gasteiger charge is 2.26. The van der Waals surface area contributed by atoms with Crippen LogP contribution in [0.15, 0.2) is 52.7 Å². The molecule has 0 saturated carbocycles. The summed E-state index contributed by atoms with van der Waals surface area (Å²) in [6.07, 6.45) is 3.14. The number of amides is 1. The zero-order valence-electron chi connectivity index (χ0n) is 13.4. The van der Waals surface area contributed by atoms with Gasteiger partial charge in [0.15, 0.2) is 0 Å². The Kier molecular flexibility index (Phi) is 5.64. The number of hydrogen-bond donors (Lipinski definition) is 1. The van der Waals surface area contributed by atoms with Crippen LogP contribution in [0.4, 0.5) is 5.69 Å². The number of ether oxygens (including phenoxy) is 1. The fraction of sp³-hybridized carbons (Fsp3) is 0.235. The summed E-state index contributed by atoms with van der Waals surface area (Å²) < 4.78 is 31.9. The normalized spacial score (nSPS) is 16.2. The van der Waals surface area contributed by atoms with E-state index in [0.29, 0.717) is 32.0 Å². The fourth-order valence-corrected chi connectivity index (χ4v) is 4.47. The second kappa shape index (κ2) is 7.92. The van der Waals surface area contributed by atoms with Gasteiger partial charge < -0.3 is 10.1 Å². The Morgan fingerprint density at radius 3 is 2.72 bits per heavy atom. The number of nitrogens with zero attached hydrogens (tertiary/aromatic N) is 1. The Morgan fingerprint density at radius 1 is 1.20 bits per heavy atom. The summed E-state index contributed by atoms with van der Waals surface area (Å²) in [5.41, 5.74) is 0.440. The molecule has 6 nitrogen and oxygen atoms in total. The number of morpholine rings is 1. The standard InChI is InChI=1S/C17H18N2O4S2/c20-17(7-6-15-4-2-12-24-15)18-14-3-1-5-16(13-14)25(21,22)19-8-10-23-11-9-19/h1-7,12-13H,8-11H2,(H,18,20)/b7-6+. The predicted octanol–water partition coefficient (Wildman–Crippen LogP) is 2.42. The molecule has 1 amide bonds. The molecule has 1 aliphatic rings. The van der Waals surface area contributed by atoms with Crippen LogP contribution in [0.2, 0.25) is 0 Å². The van der Waals surface area contributed by atoms with E-state index in [1.807, 2.05) is 17.5 Å². The molecule has 0 radical (unpaired) electrons. The minimum absolute atomic E-state index is 0.162. The molecule has 1 N–H and O–H groups in total. The van der Waals surface area contributed by atoms with E-state index in [-0.39, 0.29) is 10.8 Å². The van der Waals surface area contributed by atoms with Gasteiger partial charge >= 0.3 is 0 Å². The smallest absolute Gasteiger partial charge is 0.248 e. The van der Waals surface area contributed by atoms with Crippen molar-refractivity contribution >= 4 is 39.0 Å². The lowest BCUT2D eigenvalue weighted by atomic mass is 10.3. The lowest BCUT2D eigenvalue weighted by molar-refractivity contribution is -0.111. The number of thiophene rings is 1. The molecule has 2 heterocycles. The highest BCUT2D eigenvalue weighted by molar-refractivity contribution is 7.89. The number of sulfonamides is 1. The lowest BCUT2D eigenvalue weighted by Crippen LogP contribution is -2.40. The number of rotatable bonds is 5. The molecule has 0 spiro atoms. The maximum absolute atomic E-state index is 12.7. The Morgan fingerprint density at radius 2 is 2.00 bits per heavy atom. The van der Waals surface area contributed by atoms with E-state index in [1.165, 1.54) is 33.9 Å². The van der Waals surface area contributed by atoms with Crippen molar-refractivity contribution in [3.8, 4) is 0 Å². The quantitative estimate of drug-likeness (QED) is 0.811. The van der Waals surface area contributed by atoms with Crippen LogP contribution in [0.3, 0.4) is 0 Å². The first kappa shape index (κ1) is 17.8. The SMILES string of the molecule is O=C(/C=C/c1cccs1)Nc1cccc(S(=O)(=O)N2CCOCC2)c1. The van der Waals surface area contributed by atoms with Crippen molar-refractivity contribution < 1.29 is 17.9 Å². The summed E-state index contributed by atoms with van der Waals surface area (Å²) in [5.74, 6) is -0.311. The second-order valence-corrected chi connectivity index (χ2v) is 8.30. The number of anilines is 1. The van der Waals surface area contributed by atoms with Crippen LogP contribution < -0.4 is 5.32 Å². The summed E-state index contributed by atoms with van der Waals surface area (Å²) in [7, 11) is -3.58. The van der Waals surface area contributed by atoms with Gasteiger partial charge in [0.2, 0.25) is 15.9 Å². The zero-order chi connectivity index (χ0) is 17.7. The summed E-state index contributed by atoms with van der Waals surface area (Å²) in [4.78, 5) is 13.1. The first-order valence-corrected chi connectivity index (χ1v) is 10.1. The Bertz CT molecular complexity index is 855. The van der Waals surface area contributed by atoms with Crippen molar-refractivity contribution in [2.45, 2.75) is 4.90 Å². The van der Waals surface area contributed by atoms with Gasteiger partial charge in [-0.25, -0.2) is 8.42 Å². The third kappa shape index (κ3) is 4.55. The van der Waals surface area contributed by atoms with Crippen molar-refractivity contribution in [2.24, 2.45) is 0 Å². The van der Waals surface area contributed by atoms with Crippen LogP contribution in [-0.2, 0) is 19.6 Å². The molecule has 1 aromatic carbocycles. The summed E-state index contributed by atoms with van der Waals surface area (Å²) in [6, 6.07) is 10.1. The lowest BCUT2D eigenvalue weighted by Gasteiger charge is -2.26. The molecule has 8 heteroatoms. The van der Waals surface area contributed by atoms with Gasteiger partial charge in [0.25, 0.3) is 0 Å². The van der Waals surface area contributed by atoms with E-state index < -0.39 is 10.0 Å².